The zero-order valence-corrected chi connectivity index (χ0v) is 27.6. The molecular weight excluding hydrogens is 587 g/mol. The Labute approximate surface area is 281 Å². The number of rotatable bonds is 7. The van der Waals surface area contributed by atoms with Crippen molar-refractivity contribution in [1.29, 1.82) is 0 Å². The van der Waals surface area contributed by atoms with E-state index in [1.165, 1.54) is 49.4 Å². The first-order chi connectivity index (χ1) is 23.2. The highest BCUT2D eigenvalue weighted by molar-refractivity contribution is 6.47. The van der Waals surface area contributed by atoms with E-state index in [2.05, 4.69) is 127 Å². The second-order valence-electron chi connectivity index (χ2n) is 13.6. The summed E-state index contributed by atoms with van der Waals surface area (Å²) in [5.41, 5.74) is 8.03. The lowest BCUT2D eigenvalue weighted by Gasteiger charge is -2.37. The summed E-state index contributed by atoms with van der Waals surface area (Å²) in [6, 6.07) is 49.5. The lowest BCUT2D eigenvalue weighted by Crippen LogP contribution is -2.49. The van der Waals surface area contributed by atoms with Crippen molar-refractivity contribution in [3.05, 3.63) is 140 Å². The Morgan fingerprint density at radius 1 is 0.500 bits per heavy atom. The van der Waals surface area contributed by atoms with Crippen molar-refractivity contribution in [3.8, 4) is 33.4 Å². The molecule has 8 aromatic rings. The van der Waals surface area contributed by atoms with Crippen LogP contribution in [-0.4, -0.2) is 23.8 Å². The number of furan rings is 1. The molecule has 0 aliphatic heterocycles. The zero-order chi connectivity index (χ0) is 33.0. The van der Waals surface area contributed by atoms with Gasteiger partial charge in [0.15, 0.2) is 0 Å². The topological polar surface area (TPSA) is 42.6 Å². The van der Waals surface area contributed by atoms with E-state index in [4.69, 9.17) is 9.07 Å². The predicted octanol–water partition coefficient (Wildman–Crippen LogP) is 10.7. The van der Waals surface area contributed by atoms with Crippen molar-refractivity contribution in [2.24, 2.45) is 0 Å². The summed E-state index contributed by atoms with van der Waals surface area (Å²) < 4.78 is 12.4. The number of hydrogen-bond donors (Lipinski definition) is 1. The van der Waals surface area contributed by atoms with Crippen molar-refractivity contribution in [1.82, 2.24) is 0 Å². The fourth-order valence-corrected chi connectivity index (χ4v) is 6.68. The Kier molecular flexibility index (Phi) is 7.25. The van der Waals surface area contributed by atoms with Gasteiger partial charge in [-0.2, -0.15) is 0 Å². The van der Waals surface area contributed by atoms with Crippen LogP contribution in [0.25, 0.3) is 76.9 Å². The van der Waals surface area contributed by atoms with E-state index in [1.54, 1.807) is 21.3 Å². The Morgan fingerprint density at radius 3 is 1.65 bits per heavy atom. The van der Waals surface area contributed by atoms with Crippen molar-refractivity contribution in [3.63, 3.8) is 0 Å². The van der Waals surface area contributed by atoms with Crippen LogP contribution >= 0.6 is 0 Å². The van der Waals surface area contributed by atoms with Gasteiger partial charge in [0.2, 0.25) is 0 Å². The summed E-state index contributed by atoms with van der Waals surface area (Å²) in [4.78, 5) is 0. The Morgan fingerprint density at radius 2 is 1.02 bits per heavy atom. The van der Waals surface area contributed by atoms with Crippen LogP contribution < -0.4 is 5.46 Å². The van der Waals surface area contributed by atoms with Crippen LogP contribution in [0.3, 0.4) is 0 Å². The average Bonchev–Trinajstić information content (AvgIpc) is 3.47. The monoisotopic (exact) mass is 623 g/mol. The molecule has 0 fully saturated rings. The minimum Gasteiger partial charge on any atom is -0.456 e. The van der Waals surface area contributed by atoms with Crippen LogP contribution in [0.5, 0.6) is 0 Å². The van der Waals surface area contributed by atoms with E-state index in [-0.39, 0.29) is 0 Å². The summed E-state index contributed by atoms with van der Waals surface area (Å²) in [6.45, 7) is 7.30. The van der Waals surface area contributed by atoms with Crippen LogP contribution in [0.1, 0.15) is 27.7 Å². The number of fused-ring (bicyclic) bond motifs is 5. The maximum atomic E-state index is 10.6. The van der Waals surface area contributed by atoms with Gasteiger partial charge in [-0.25, -0.2) is 0 Å². The number of hydrogen-bond acceptors (Lipinski definition) is 3. The maximum Gasteiger partial charge on any atom is 0.330 e. The van der Waals surface area contributed by atoms with Crippen LogP contribution in [0.4, 0.5) is 0 Å². The Balaban J connectivity index is 1.32. The highest BCUT2D eigenvalue weighted by Crippen LogP contribution is 2.46. The molecule has 1 aromatic heterocycles. The molecule has 1 radical (unpaired) electrons. The fourth-order valence-electron chi connectivity index (χ4n) is 6.68. The second kappa shape index (κ2) is 11.5. The summed E-state index contributed by atoms with van der Waals surface area (Å²) in [6.07, 6.45) is 0. The molecule has 233 valence electrons. The molecule has 0 spiro atoms. The fraction of sp³-hybridized carbons (Fsp3) is 0.136. The van der Waals surface area contributed by atoms with Crippen molar-refractivity contribution >= 4 is 56.4 Å². The van der Waals surface area contributed by atoms with Crippen LogP contribution in [0.2, 0.25) is 0 Å². The van der Waals surface area contributed by atoms with Crippen molar-refractivity contribution in [2.45, 2.75) is 38.9 Å². The average molecular weight is 624 g/mol. The lowest BCUT2D eigenvalue weighted by molar-refractivity contribution is -0.0893. The third kappa shape index (κ3) is 5.09. The highest BCUT2D eigenvalue weighted by Gasteiger charge is 2.35. The molecule has 8 rings (SSSR count). The molecule has 0 atom stereocenters. The minimum atomic E-state index is -1.00. The first kappa shape index (κ1) is 30.2. The van der Waals surface area contributed by atoms with Gasteiger partial charge in [-0.3, -0.25) is 0 Å². The summed E-state index contributed by atoms with van der Waals surface area (Å²) >= 11 is 0. The molecule has 1 heterocycles. The van der Waals surface area contributed by atoms with Crippen molar-refractivity contribution < 1.29 is 14.2 Å². The lowest BCUT2D eigenvalue weighted by atomic mass is 9.82. The van der Waals surface area contributed by atoms with E-state index in [0.717, 1.165) is 33.0 Å². The number of aliphatic hydroxyl groups is 1. The molecule has 3 nitrogen and oxygen atoms in total. The van der Waals surface area contributed by atoms with Crippen LogP contribution in [0, 0.1) is 0 Å². The molecule has 0 aliphatic carbocycles. The summed E-state index contributed by atoms with van der Waals surface area (Å²) in [5, 5.41) is 17.5. The molecule has 0 bridgehead atoms. The van der Waals surface area contributed by atoms with Crippen molar-refractivity contribution in [2.75, 3.05) is 0 Å². The van der Waals surface area contributed by atoms with Gasteiger partial charge in [-0.1, -0.05) is 127 Å². The van der Waals surface area contributed by atoms with Crippen LogP contribution in [0.15, 0.2) is 144 Å². The minimum absolute atomic E-state index is 0.760. The SMILES string of the molecule is CC(C)(O)C(C)(C)O[B]c1ccc2oc3ccc(-c4c5ccccc5c(-c5ccccc5-c5ccccc5)c5ccccc45)cc3c2c1. The smallest absolute Gasteiger partial charge is 0.330 e. The zero-order valence-electron chi connectivity index (χ0n) is 27.6. The quantitative estimate of drug-likeness (QED) is 0.142. The van der Waals surface area contributed by atoms with E-state index in [9.17, 15) is 5.11 Å². The largest absolute Gasteiger partial charge is 0.456 e. The predicted molar refractivity (Wildman–Crippen MR) is 202 cm³/mol. The highest BCUT2D eigenvalue weighted by atomic mass is 16.5. The molecule has 1 N–H and O–H groups in total. The van der Waals surface area contributed by atoms with Gasteiger partial charge in [0.05, 0.1) is 11.2 Å². The molecule has 0 saturated carbocycles. The van der Waals surface area contributed by atoms with E-state index >= 15 is 0 Å². The third-order valence-electron chi connectivity index (χ3n) is 9.96. The standard InChI is InChI=1S/C44H36BO3/c1-43(2,46)44(3,4)48-45-30-23-25-40-38(27-30)37-26-29(22-24-39(37)47-40)41-33-18-10-12-20-35(33)42(36-21-13-11-19-34(36)41)32-17-9-8-16-31(32)28-14-6-5-7-15-28/h5-27,46H,1-4H3. The van der Waals surface area contributed by atoms with Gasteiger partial charge in [0.25, 0.3) is 0 Å². The molecule has 48 heavy (non-hydrogen) atoms. The molecular formula is C44H36BO3. The van der Waals surface area contributed by atoms with Gasteiger partial charge in [0, 0.05) is 10.8 Å². The molecule has 0 saturated heterocycles. The normalized spacial score (nSPS) is 12.4. The first-order valence-corrected chi connectivity index (χ1v) is 16.5. The van der Waals surface area contributed by atoms with E-state index in [0.29, 0.717) is 0 Å². The first-order valence-electron chi connectivity index (χ1n) is 16.5. The van der Waals surface area contributed by atoms with Crippen LogP contribution in [-0.2, 0) is 4.65 Å². The molecule has 4 heteroatoms. The van der Waals surface area contributed by atoms with E-state index < -0.39 is 11.2 Å². The second-order valence-corrected chi connectivity index (χ2v) is 13.6. The molecule has 7 aromatic carbocycles. The molecule has 0 amide bonds. The van der Waals surface area contributed by atoms with Gasteiger partial charge in [-0.05, 0) is 101 Å². The number of benzene rings is 7. The third-order valence-corrected chi connectivity index (χ3v) is 9.96. The van der Waals surface area contributed by atoms with E-state index in [1.807, 2.05) is 26.0 Å². The van der Waals surface area contributed by atoms with Gasteiger partial charge < -0.3 is 14.2 Å². The molecule has 0 aliphatic rings. The Bertz CT molecular complexity index is 2410. The Hall–Kier alpha value is -5.16. The summed E-state index contributed by atoms with van der Waals surface area (Å²) in [7, 11) is 1.73. The van der Waals surface area contributed by atoms with Gasteiger partial charge >= 0.3 is 7.48 Å². The maximum absolute atomic E-state index is 10.6. The van der Waals surface area contributed by atoms with Gasteiger partial charge in [-0.15, -0.1) is 0 Å². The molecule has 0 unspecified atom stereocenters. The summed E-state index contributed by atoms with van der Waals surface area (Å²) in [5.74, 6) is 0. The van der Waals surface area contributed by atoms with Gasteiger partial charge in [0.1, 0.15) is 11.2 Å².